The van der Waals surface area contributed by atoms with E-state index in [9.17, 15) is 4.79 Å². The first-order valence-electron chi connectivity index (χ1n) is 7.20. The molecule has 5 heteroatoms. The zero-order chi connectivity index (χ0) is 16.1. The number of hydrogen-bond acceptors (Lipinski definition) is 4. The van der Waals surface area contributed by atoms with Crippen LogP contribution >= 0.6 is 0 Å². The van der Waals surface area contributed by atoms with Crippen LogP contribution in [0.25, 0.3) is 0 Å². The quantitative estimate of drug-likeness (QED) is 0.846. The Hall–Kier alpha value is -2.43. The maximum Gasteiger partial charge on any atom is 0.328 e. The van der Waals surface area contributed by atoms with Gasteiger partial charge in [0, 0.05) is 12.5 Å². The zero-order valence-electron chi connectivity index (χ0n) is 13.1. The topological polar surface area (TPSA) is 72.3 Å². The smallest absolute Gasteiger partial charge is 0.328 e. The molecule has 0 radical (unpaired) electrons. The predicted octanol–water partition coefficient (Wildman–Crippen LogP) is 3.16. The highest BCUT2D eigenvalue weighted by Crippen LogP contribution is 2.21. The minimum absolute atomic E-state index is 0.403. The van der Waals surface area contributed by atoms with Crippen molar-refractivity contribution in [3.63, 3.8) is 0 Å². The first kappa shape index (κ1) is 15.9. The number of aryl methyl sites for hydroxylation is 3. The van der Waals surface area contributed by atoms with E-state index in [0.717, 1.165) is 53.0 Å². The average Bonchev–Trinajstić information content (AvgIpc) is 2.48. The minimum atomic E-state index is -0.935. The number of nitrogens with zero attached hydrogens (tertiary/aromatic N) is 2. The third kappa shape index (κ3) is 4.28. The molecule has 0 spiro atoms. The summed E-state index contributed by atoms with van der Waals surface area (Å²) in [6.07, 6.45) is 8.07. The molecular weight excluding hydrogens is 280 g/mol. The summed E-state index contributed by atoms with van der Waals surface area (Å²) in [5, 5.41) is 8.61. The highest BCUT2D eigenvalue weighted by Gasteiger charge is 2.09. The van der Waals surface area contributed by atoms with Crippen LogP contribution in [-0.2, 0) is 16.1 Å². The molecule has 1 N–H and O–H groups in total. The Balaban J connectivity index is 1.99. The van der Waals surface area contributed by atoms with Gasteiger partial charge in [-0.05, 0) is 38.8 Å². The van der Waals surface area contributed by atoms with Crippen LogP contribution in [0.4, 0.5) is 0 Å². The Morgan fingerprint density at radius 1 is 1.18 bits per heavy atom. The van der Waals surface area contributed by atoms with Gasteiger partial charge in [0.25, 0.3) is 0 Å². The maximum absolute atomic E-state index is 10.5. The van der Waals surface area contributed by atoms with Crippen molar-refractivity contribution in [2.45, 2.75) is 40.2 Å². The van der Waals surface area contributed by atoms with E-state index in [-0.39, 0.29) is 0 Å². The molecule has 2 rings (SSSR count). The lowest BCUT2D eigenvalue weighted by Gasteiger charge is -2.15. The lowest BCUT2D eigenvalue weighted by molar-refractivity contribution is -0.131. The fraction of sp³-hybridized carbons (Fsp3) is 0.353. The third-order valence-corrected chi connectivity index (χ3v) is 3.56. The fourth-order valence-corrected chi connectivity index (χ4v) is 2.13. The molecule has 1 aliphatic rings. The molecule has 116 valence electrons. The number of carbonyl (C=O) groups is 1. The monoisotopic (exact) mass is 300 g/mol. The molecule has 1 heterocycles. The Morgan fingerprint density at radius 2 is 1.91 bits per heavy atom. The second-order valence-electron chi connectivity index (χ2n) is 5.26. The van der Waals surface area contributed by atoms with E-state index in [1.165, 1.54) is 0 Å². The van der Waals surface area contributed by atoms with Crippen LogP contribution < -0.4 is 0 Å². The van der Waals surface area contributed by atoms with Crippen LogP contribution in [0.1, 0.15) is 35.6 Å². The van der Waals surface area contributed by atoms with E-state index in [1.54, 1.807) is 6.08 Å². The number of allylic oxidation sites excluding steroid dienone is 5. The third-order valence-electron chi connectivity index (χ3n) is 3.56. The standard InChI is InChI=1S/C17H20N2O3/c1-11-12(2)19-16(13(3)18-11)10-22-15-7-4-14(5-8-15)6-9-17(20)21/h4,6-7,9H,5,8,10H2,1-3H3,(H,20,21)/b9-6+. The molecule has 0 aromatic carbocycles. The van der Waals surface area contributed by atoms with Crippen LogP contribution in [-0.4, -0.2) is 21.0 Å². The molecule has 0 fully saturated rings. The van der Waals surface area contributed by atoms with Crippen molar-refractivity contribution in [3.05, 3.63) is 58.4 Å². The van der Waals surface area contributed by atoms with Gasteiger partial charge in [0.05, 0.1) is 28.5 Å². The lowest BCUT2D eigenvalue weighted by Crippen LogP contribution is -2.05. The molecule has 0 amide bonds. The number of ether oxygens (including phenoxy) is 1. The molecule has 0 bridgehead atoms. The number of rotatable bonds is 5. The average molecular weight is 300 g/mol. The van der Waals surface area contributed by atoms with Crippen LogP contribution in [0, 0.1) is 20.8 Å². The summed E-state index contributed by atoms with van der Waals surface area (Å²) in [7, 11) is 0. The van der Waals surface area contributed by atoms with Crippen molar-refractivity contribution in [2.24, 2.45) is 0 Å². The predicted molar refractivity (Wildman–Crippen MR) is 83.2 cm³/mol. The van der Waals surface area contributed by atoms with Gasteiger partial charge in [-0.25, -0.2) is 4.79 Å². The number of aliphatic carboxylic acids is 1. The molecule has 0 aliphatic heterocycles. The second kappa shape index (κ2) is 7.02. The van der Waals surface area contributed by atoms with Crippen molar-refractivity contribution < 1.29 is 14.6 Å². The largest absolute Gasteiger partial charge is 0.492 e. The van der Waals surface area contributed by atoms with Gasteiger partial charge in [0.2, 0.25) is 0 Å². The van der Waals surface area contributed by atoms with E-state index in [4.69, 9.17) is 9.84 Å². The van der Waals surface area contributed by atoms with Gasteiger partial charge in [-0.3, -0.25) is 9.97 Å². The Labute approximate surface area is 130 Å². The van der Waals surface area contributed by atoms with Gasteiger partial charge >= 0.3 is 5.97 Å². The SMILES string of the molecule is Cc1nc(C)c(COC2=CC=C(/C=C/C(=O)O)CC2)nc1C. The van der Waals surface area contributed by atoms with Crippen molar-refractivity contribution in [1.82, 2.24) is 9.97 Å². The van der Waals surface area contributed by atoms with Crippen LogP contribution in [0.3, 0.4) is 0 Å². The number of hydrogen-bond donors (Lipinski definition) is 1. The van der Waals surface area contributed by atoms with Gasteiger partial charge < -0.3 is 9.84 Å². The van der Waals surface area contributed by atoms with Gasteiger partial charge in [0.1, 0.15) is 6.61 Å². The molecule has 5 nitrogen and oxygen atoms in total. The molecule has 0 atom stereocenters. The van der Waals surface area contributed by atoms with Crippen molar-refractivity contribution >= 4 is 5.97 Å². The Morgan fingerprint density at radius 3 is 2.55 bits per heavy atom. The van der Waals surface area contributed by atoms with Crippen molar-refractivity contribution in [2.75, 3.05) is 0 Å². The molecule has 0 saturated heterocycles. The summed E-state index contributed by atoms with van der Waals surface area (Å²) in [4.78, 5) is 19.4. The normalized spacial score (nSPS) is 14.7. The summed E-state index contributed by atoms with van der Waals surface area (Å²) >= 11 is 0. The van der Waals surface area contributed by atoms with Crippen LogP contribution in [0.2, 0.25) is 0 Å². The molecule has 0 unspecified atom stereocenters. The summed E-state index contributed by atoms with van der Waals surface area (Å²) in [5.74, 6) is -0.0531. The summed E-state index contributed by atoms with van der Waals surface area (Å²) < 4.78 is 5.79. The summed E-state index contributed by atoms with van der Waals surface area (Å²) in [6, 6.07) is 0. The van der Waals surface area contributed by atoms with Crippen LogP contribution in [0.15, 0.2) is 35.6 Å². The highest BCUT2D eigenvalue weighted by molar-refractivity contribution is 5.80. The molecule has 0 saturated carbocycles. The van der Waals surface area contributed by atoms with Gasteiger partial charge in [0.15, 0.2) is 0 Å². The van der Waals surface area contributed by atoms with E-state index in [0.29, 0.717) is 6.61 Å². The first-order valence-corrected chi connectivity index (χ1v) is 7.20. The maximum atomic E-state index is 10.5. The molecule has 1 aromatic rings. The van der Waals surface area contributed by atoms with E-state index in [1.807, 2.05) is 32.9 Å². The lowest BCUT2D eigenvalue weighted by atomic mass is 10.0. The summed E-state index contributed by atoms with van der Waals surface area (Å²) in [6.45, 7) is 6.22. The van der Waals surface area contributed by atoms with E-state index in [2.05, 4.69) is 9.97 Å². The van der Waals surface area contributed by atoms with Gasteiger partial charge in [-0.15, -0.1) is 0 Å². The van der Waals surface area contributed by atoms with Crippen LogP contribution in [0.5, 0.6) is 0 Å². The van der Waals surface area contributed by atoms with E-state index >= 15 is 0 Å². The fourth-order valence-electron chi connectivity index (χ4n) is 2.13. The Kier molecular flexibility index (Phi) is 5.09. The number of carboxylic acids is 1. The molecule has 1 aliphatic carbocycles. The number of carboxylic acid groups (broad SMARTS) is 1. The molecular formula is C17H20N2O3. The molecule has 22 heavy (non-hydrogen) atoms. The zero-order valence-corrected chi connectivity index (χ0v) is 13.1. The van der Waals surface area contributed by atoms with Gasteiger partial charge in [-0.1, -0.05) is 12.2 Å². The van der Waals surface area contributed by atoms with Gasteiger partial charge in [-0.2, -0.15) is 0 Å². The van der Waals surface area contributed by atoms with E-state index < -0.39 is 5.97 Å². The minimum Gasteiger partial charge on any atom is -0.492 e. The van der Waals surface area contributed by atoms with Crippen molar-refractivity contribution in [1.29, 1.82) is 0 Å². The van der Waals surface area contributed by atoms with Crippen molar-refractivity contribution in [3.8, 4) is 0 Å². The second-order valence-corrected chi connectivity index (χ2v) is 5.26. The highest BCUT2D eigenvalue weighted by atomic mass is 16.5. The summed E-state index contributed by atoms with van der Waals surface area (Å²) in [5.41, 5.74) is 4.58. The first-order chi connectivity index (χ1) is 10.5. The molecule has 1 aromatic heterocycles. The number of aromatic nitrogens is 2. The Bertz CT molecular complexity index is 673.